The van der Waals surface area contributed by atoms with Crippen molar-refractivity contribution in [3.05, 3.63) is 59.4 Å². The Balaban J connectivity index is 2.22. The summed E-state index contributed by atoms with van der Waals surface area (Å²) < 4.78 is 1.93. The van der Waals surface area contributed by atoms with Crippen molar-refractivity contribution in [2.24, 2.45) is 4.99 Å². The lowest BCUT2D eigenvalue weighted by atomic mass is 10.2. The third-order valence-electron chi connectivity index (χ3n) is 4.10. The highest BCUT2D eigenvalue weighted by molar-refractivity contribution is 5.86. The molecular weight excluding hydrogens is 352 g/mol. The number of likely N-dealkylation sites (N-methyl/N-ethyl adjacent to an activating group) is 1. The molecule has 0 spiro atoms. The minimum Gasteiger partial charge on any atom is -0.353 e. The second-order valence-corrected chi connectivity index (χ2v) is 7.08. The van der Waals surface area contributed by atoms with Crippen LogP contribution in [0.15, 0.2) is 47.5 Å². The van der Waals surface area contributed by atoms with Gasteiger partial charge in [-0.2, -0.15) is 5.10 Å². The molecule has 0 atom stereocenters. The van der Waals surface area contributed by atoms with Gasteiger partial charge >= 0.3 is 0 Å². The lowest BCUT2D eigenvalue weighted by Gasteiger charge is -2.15. The van der Waals surface area contributed by atoms with Crippen molar-refractivity contribution in [3.8, 4) is 5.69 Å². The van der Waals surface area contributed by atoms with E-state index in [1.807, 2.05) is 55.8 Å². The smallest absolute Gasteiger partial charge is 0.241 e. The number of hydrogen-bond donors (Lipinski definition) is 2. The Morgan fingerprint density at radius 2 is 1.89 bits per heavy atom. The first-order valence-corrected chi connectivity index (χ1v) is 9.26. The van der Waals surface area contributed by atoms with Crippen LogP contribution in [0.5, 0.6) is 0 Å². The second kappa shape index (κ2) is 9.73. The molecule has 0 unspecified atom stereocenters. The highest BCUT2D eigenvalue weighted by Crippen LogP contribution is 2.17. The largest absolute Gasteiger partial charge is 0.353 e. The summed E-state index contributed by atoms with van der Waals surface area (Å²) in [6.45, 7) is 11.1. The van der Waals surface area contributed by atoms with E-state index in [0.29, 0.717) is 19.0 Å². The molecule has 0 saturated heterocycles. The Morgan fingerprint density at radius 1 is 1.21 bits per heavy atom. The van der Waals surface area contributed by atoms with E-state index in [1.54, 1.807) is 19.0 Å². The number of aliphatic imine (C=N–C) groups is 1. The predicted molar refractivity (Wildman–Crippen MR) is 114 cm³/mol. The monoisotopic (exact) mass is 382 g/mol. The van der Waals surface area contributed by atoms with Crippen molar-refractivity contribution in [3.63, 3.8) is 0 Å². The van der Waals surface area contributed by atoms with E-state index in [1.165, 1.54) is 0 Å². The van der Waals surface area contributed by atoms with E-state index in [4.69, 9.17) is 0 Å². The molecule has 0 aliphatic carbocycles. The fourth-order valence-corrected chi connectivity index (χ4v) is 2.61. The van der Waals surface area contributed by atoms with Crippen molar-refractivity contribution in [2.45, 2.75) is 27.3 Å². The zero-order valence-corrected chi connectivity index (χ0v) is 17.4. The molecule has 0 saturated carbocycles. The number of aryl methyl sites for hydroxylation is 2. The molecule has 0 fully saturated rings. The van der Waals surface area contributed by atoms with E-state index < -0.39 is 0 Å². The molecule has 0 radical (unpaired) electrons. The second-order valence-electron chi connectivity index (χ2n) is 7.08. The molecule has 1 aromatic heterocycles. The van der Waals surface area contributed by atoms with Crippen LogP contribution in [-0.4, -0.2) is 53.7 Å². The molecule has 150 valence electrons. The lowest BCUT2D eigenvalue weighted by molar-refractivity contribution is -0.127. The first-order chi connectivity index (χ1) is 13.3. The summed E-state index contributed by atoms with van der Waals surface area (Å²) in [7, 11) is 3.46. The van der Waals surface area contributed by atoms with Gasteiger partial charge in [-0.05, 0) is 38.5 Å². The van der Waals surface area contributed by atoms with Crippen LogP contribution in [0.3, 0.4) is 0 Å². The Morgan fingerprint density at radius 3 is 2.50 bits per heavy atom. The Hall–Kier alpha value is -3.09. The molecule has 0 aliphatic heterocycles. The van der Waals surface area contributed by atoms with Gasteiger partial charge in [0.1, 0.15) is 0 Å². The average molecular weight is 383 g/mol. The Bertz CT molecular complexity index is 866. The lowest BCUT2D eigenvalue weighted by Crippen LogP contribution is -2.43. The van der Waals surface area contributed by atoms with Gasteiger partial charge in [-0.15, -0.1) is 0 Å². The number of rotatable bonds is 7. The highest BCUT2D eigenvalue weighted by atomic mass is 16.2. The number of carbonyl (C=O) groups excluding carboxylic acids is 1. The van der Waals surface area contributed by atoms with Crippen LogP contribution in [0.2, 0.25) is 0 Å². The summed E-state index contributed by atoms with van der Waals surface area (Å²) in [5, 5.41) is 10.9. The summed E-state index contributed by atoms with van der Waals surface area (Å²) >= 11 is 0. The first-order valence-electron chi connectivity index (χ1n) is 9.26. The van der Waals surface area contributed by atoms with Crippen LogP contribution in [0, 0.1) is 13.8 Å². The van der Waals surface area contributed by atoms with Crippen molar-refractivity contribution in [2.75, 3.05) is 27.2 Å². The van der Waals surface area contributed by atoms with E-state index in [0.717, 1.165) is 28.2 Å². The summed E-state index contributed by atoms with van der Waals surface area (Å²) in [6, 6.07) is 10.1. The molecule has 2 rings (SSSR count). The summed E-state index contributed by atoms with van der Waals surface area (Å²) in [5.41, 5.74) is 5.08. The molecule has 7 heteroatoms. The van der Waals surface area contributed by atoms with Gasteiger partial charge in [-0.3, -0.25) is 4.79 Å². The standard InChI is InChI=1S/C21H30N6O/c1-15(2)12-22-21(24-14-20(28)26(5)6)23-13-18-9-7-8-10-19(18)27-17(4)11-16(3)25-27/h7-11H,1,12-14H2,2-6H3,(H2,22,23,24). The molecule has 1 heterocycles. The van der Waals surface area contributed by atoms with Gasteiger partial charge < -0.3 is 15.5 Å². The SMILES string of the molecule is C=C(C)CNC(=NCc1ccccc1-n1nc(C)cc1C)NCC(=O)N(C)C. The Kier molecular flexibility index (Phi) is 7.37. The van der Waals surface area contributed by atoms with Gasteiger partial charge in [0.25, 0.3) is 0 Å². The number of para-hydroxylation sites is 1. The molecule has 2 N–H and O–H groups in total. The van der Waals surface area contributed by atoms with Crippen LogP contribution in [0.25, 0.3) is 5.69 Å². The number of amides is 1. The van der Waals surface area contributed by atoms with E-state index in [9.17, 15) is 4.79 Å². The number of nitrogens with one attached hydrogen (secondary N) is 2. The third-order valence-corrected chi connectivity index (χ3v) is 4.10. The van der Waals surface area contributed by atoms with E-state index in [2.05, 4.69) is 27.3 Å². The maximum atomic E-state index is 11.9. The number of guanidine groups is 1. The minimum atomic E-state index is -0.0205. The molecule has 1 amide bonds. The zero-order valence-electron chi connectivity index (χ0n) is 17.4. The molecule has 2 aromatic rings. The molecule has 7 nitrogen and oxygen atoms in total. The molecule has 28 heavy (non-hydrogen) atoms. The van der Waals surface area contributed by atoms with Gasteiger partial charge in [-0.1, -0.05) is 30.4 Å². The first kappa shape index (κ1) is 21.2. The van der Waals surface area contributed by atoms with Crippen LogP contribution < -0.4 is 10.6 Å². The van der Waals surface area contributed by atoms with Gasteiger partial charge in [-0.25, -0.2) is 9.67 Å². The van der Waals surface area contributed by atoms with Crippen molar-refractivity contribution in [1.29, 1.82) is 0 Å². The quantitative estimate of drug-likeness (QED) is 0.437. The maximum Gasteiger partial charge on any atom is 0.241 e. The fraction of sp³-hybridized carbons (Fsp3) is 0.381. The molecule has 1 aromatic carbocycles. The van der Waals surface area contributed by atoms with Gasteiger partial charge in [0.15, 0.2) is 5.96 Å². The van der Waals surface area contributed by atoms with E-state index in [-0.39, 0.29) is 12.5 Å². The maximum absolute atomic E-state index is 11.9. The van der Waals surface area contributed by atoms with Crippen LogP contribution in [0.4, 0.5) is 0 Å². The number of carbonyl (C=O) groups is 1. The predicted octanol–water partition coefficient (Wildman–Crippen LogP) is 2.19. The summed E-state index contributed by atoms with van der Waals surface area (Å²) in [4.78, 5) is 18.1. The molecular formula is C21H30N6O. The molecule has 0 bridgehead atoms. The topological polar surface area (TPSA) is 74.5 Å². The van der Waals surface area contributed by atoms with E-state index >= 15 is 0 Å². The van der Waals surface area contributed by atoms with Crippen LogP contribution in [0.1, 0.15) is 23.9 Å². The number of benzene rings is 1. The number of aromatic nitrogens is 2. The summed E-state index contributed by atoms with van der Waals surface area (Å²) in [5.74, 6) is 0.550. The number of hydrogen-bond acceptors (Lipinski definition) is 3. The van der Waals surface area contributed by atoms with Gasteiger partial charge in [0.2, 0.25) is 5.91 Å². The summed E-state index contributed by atoms with van der Waals surface area (Å²) in [6.07, 6.45) is 0. The third kappa shape index (κ3) is 5.97. The van der Waals surface area contributed by atoms with Gasteiger partial charge in [0.05, 0.1) is 24.5 Å². The van der Waals surface area contributed by atoms with Crippen molar-refractivity contribution >= 4 is 11.9 Å². The fourth-order valence-electron chi connectivity index (χ4n) is 2.61. The Labute approximate surface area is 167 Å². The normalized spacial score (nSPS) is 11.2. The van der Waals surface area contributed by atoms with Crippen molar-refractivity contribution < 1.29 is 4.79 Å². The van der Waals surface area contributed by atoms with Crippen LogP contribution >= 0.6 is 0 Å². The molecule has 0 aliphatic rings. The van der Waals surface area contributed by atoms with Crippen LogP contribution in [-0.2, 0) is 11.3 Å². The minimum absolute atomic E-state index is 0.0205. The number of nitrogens with zero attached hydrogens (tertiary/aromatic N) is 4. The van der Waals surface area contributed by atoms with Crippen molar-refractivity contribution in [1.82, 2.24) is 25.3 Å². The van der Waals surface area contributed by atoms with Gasteiger partial charge in [0, 0.05) is 26.3 Å². The zero-order chi connectivity index (χ0) is 20.7. The average Bonchev–Trinajstić information content (AvgIpc) is 2.98. The highest BCUT2D eigenvalue weighted by Gasteiger charge is 2.10.